The van der Waals surface area contributed by atoms with Gasteiger partial charge in [0.05, 0.1) is 19.4 Å². The molecule has 114 valence electrons. The highest BCUT2D eigenvalue weighted by Crippen LogP contribution is 2.20. The summed E-state index contributed by atoms with van der Waals surface area (Å²) in [5, 5.41) is 13.7. The maximum absolute atomic E-state index is 9.30. The van der Waals surface area contributed by atoms with Crippen molar-refractivity contribution in [3.8, 4) is 5.75 Å². The molecule has 21 heavy (non-hydrogen) atoms. The first-order valence-electron chi connectivity index (χ1n) is 7.08. The standard InChI is InChI=1S/C16H23N3O2/c1-13-15(10-18(2)17-13)12-19(8-9-20)11-14-6-4-5-7-16(14)21-3/h4-7,10,20H,8-9,11-12H2,1-3H3. The molecule has 0 aliphatic rings. The second-order valence-corrected chi connectivity index (χ2v) is 5.16. The Morgan fingerprint density at radius 3 is 2.57 bits per heavy atom. The lowest BCUT2D eigenvalue weighted by molar-refractivity contribution is 0.182. The molecule has 2 rings (SSSR count). The van der Waals surface area contributed by atoms with Crippen LogP contribution < -0.4 is 4.74 Å². The summed E-state index contributed by atoms with van der Waals surface area (Å²) >= 11 is 0. The molecule has 1 aromatic heterocycles. The molecule has 0 saturated carbocycles. The number of nitrogens with zero attached hydrogens (tertiary/aromatic N) is 3. The number of methoxy groups -OCH3 is 1. The predicted octanol–water partition coefficient (Wildman–Crippen LogP) is 1.73. The lowest BCUT2D eigenvalue weighted by Crippen LogP contribution is -2.26. The van der Waals surface area contributed by atoms with E-state index in [1.165, 1.54) is 5.56 Å². The topological polar surface area (TPSA) is 50.5 Å². The van der Waals surface area contributed by atoms with E-state index in [0.29, 0.717) is 6.54 Å². The van der Waals surface area contributed by atoms with Gasteiger partial charge in [0.25, 0.3) is 0 Å². The first-order valence-corrected chi connectivity index (χ1v) is 7.08. The van der Waals surface area contributed by atoms with E-state index >= 15 is 0 Å². The minimum Gasteiger partial charge on any atom is -0.496 e. The fraction of sp³-hybridized carbons (Fsp3) is 0.438. The van der Waals surface area contributed by atoms with Gasteiger partial charge in [-0.15, -0.1) is 0 Å². The number of para-hydroxylation sites is 1. The molecule has 1 N–H and O–H groups in total. The van der Waals surface area contributed by atoms with E-state index in [0.717, 1.165) is 30.1 Å². The van der Waals surface area contributed by atoms with Gasteiger partial charge in [-0.2, -0.15) is 5.10 Å². The molecule has 0 atom stereocenters. The lowest BCUT2D eigenvalue weighted by Gasteiger charge is -2.22. The first-order chi connectivity index (χ1) is 10.1. The molecule has 5 heteroatoms. The number of aromatic nitrogens is 2. The molecule has 2 aromatic rings. The monoisotopic (exact) mass is 289 g/mol. The van der Waals surface area contributed by atoms with Crippen LogP contribution >= 0.6 is 0 Å². The van der Waals surface area contributed by atoms with Crippen LogP contribution in [0.25, 0.3) is 0 Å². The summed E-state index contributed by atoms with van der Waals surface area (Å²) in [4.78, 5) is 2.20. The first kappa shape index (κ1) is 15.5. The van der Waals surface area contributed by atoms with Crippen molar-refractivity contribution in [1.82, 2.24) is 14.7 Å². The molecule has 1 aromatic carbocycles. The highest BCUT2D eigenvalue weighted by Gasteiger charge is 2.12. The number of ether oxygens (including phenoxy) is 1. The Morgan fingerprint density at radius 2 is 1.95 bits per heavy atom. The Morgan fingerprint density at radius 1 is 1.24 bits per heavy atom. The van der Waals surface area contributed by atoms with Crippen molar-refractivity contribution in [3.05, 3.63) is 47.3 Å². The molecule has 1 heterocycles. The van der Waals surface area contributed by atoms with E-state index in [2.05, 4.69) is 16.1 Å². The molecule has 0 spiro atoms. The Hall–Kier alpha value is -1.85. The summed E-state index contributed by atoms with van der Waals surface area (Å²) in [5.41, 5.74) is 3.33. The summed E-state index contributed by atoms with van der Waals surface area (Å²) in [6.45, 7) is 4.26. The zero-order valence-corrected chi connectivity index (χ0v) is 12.9. The highest BCUT2D eigenvalue weighted by atomic mass is 16.5. The molecule has 0 radical (unpaired) electrons. The average Bonchev–Trinajstić information content (AvgIpc) is 2.77. The van der Waals surface area contributed by atoms with Gasteiger partial charge in [-0.1, -0.05) is 18.2 Å². The van der Waals surface area contributed by atoms with Crippen molar-refractivity contribution in [1.29, 1.82) is 0 Å². The van der Waals surface area contributed by atoms with Gasteiger partial charge in [0.15, 0.2) is 0 Å². The van der Waals surface area contributed by atoms with E-state index in [9.17, 15) is 5.11 Å². The number of aryl methyl sites for hydroxylation is 2. The van der Waals surface area contributed by atoms with E-state index in [1.807, 2.05) is 43.0 Å². The van der Waals surface area contributed by atoms with Crippen LogP contribution in [0.4, 0.5) is 0 Å². The van der Waals surface area contributed by atoms with Gasteiger partial charge in [0.1, 0.15) is 5.75 Å². The van der Waals surface area contributed by atoms with E-state index in [1.54, 1.807) is 7.11 Å². The largest absolute Gasteiger partial charge is 0.496 e. The second kappa shape index (κ2) is 7.24. The van der Waals surface area contributed by atoms with Crippen LogP contribution in [-0.4, -0.2) is 40.0 Å². The van der Waals surface area contributed by atoms with Gasteiger partial charge < -0.3 is 9.84 Å². The summed E-state index contributed by atoms with van der Waals surface area (Å²) in [7, 11) is 3.60. The third-order valence-electron chi connectivity index (χ3n) is 3.51. The van der Waals surface area contributed by atoms with Crippen molar-refractivity contribution in [2.45, 2.75) is 20.0 Å². The molecule has 5 nitrogen and oxygen atoms in total. The quantitative estimate of drug-likeness (QED) is 0.843. The SMILES string of the molecule is COc1ccccc1CN(CCO)Cc1cn(C)nc1C. The van der Waals surface area contributed by atoms with Crippen LogP contribution in [0.5, 0.6) is 5.75 Å². The molecule has 0 aliphatic carbocycles. The molecule has 0 unspecified atom stereocenters. The van der Waals surface area contributed by atoms with E-state index < -0.39 is 0 Å². The van der Waals surface area contributed by atoms with Gasteiger partial charge >= 0.3 is 0 Å². The zero-order valence-electron chi connectivity index (χ0n) is 12.9. The zero-order chi connectivity index (χ0) is 15.2. The van der Waals surface area contributed by atoms with Crippen LogP contribution in [0.3, 0.4) is 0 Å². The van der Waals surface area contributed by atoms with Crippen molar-refractivity contribution in [2.75, 3.05) is 20.3 Å². The lowest BCUT2D eigenvalue weighted by atomic mass is 10.1. The average molecular weight is 289 g/mol. The van der Waals surface area contributed by atoms with Crippen molar-refractivity contribution in [3.63, 3.8) is 0 Å². The van der Waals surface area contributed by atoms with Gasteiger partial charge in [-0.3, -0.25) is 9.58 Å². The predicted molar refractivity (Wildman–Crippen MR) is 82.1 cm³/mol. The summed E-state index contributed by atoms with van der Waals surface area (Å²) < 4.78 is 7.22. The number of benzene rings is 1. The summed E-state index contributed by atoms with van der Waals surface area (Å²) in [5.74, 6) is 0.878. The number of hydrogen-bond donors (Lipinski definition) is 1. The Labute approximate surface area is 125 Å². The molecular formula is C16H23N3O2. The third kappa shape index (κ3) is 4.06. The van der Waals surface area contributed by atoms with Crippen molar-refractivity contribution >= 4 is 0 Å². The second-order valence-electron chi connectivity index (χ2n) is 5.16. The fourth-order valence-corrected chi connectivity index (χ4v) is 2.47. The highest BCUT2D eigenvalue weighted by molar-refractivity contribution is 5.33. The molecule has 0 aliphatic heterocycles. The van der Waals surface area contributed by atoms with Crippen LogP contribution in [0.15, 0.2) is 30.5 Å². The molecule has 0 amide bonds. The van der Waals surface area contributed by atoms with Crippen LogP contribution in [0, 0.1) is 6.92 Å². The van der Waals surface area contributed by atoms with Gasteiger partial charge in [0.2, 0.25) is 0 Å². The summed E-state index contributed by atoms with van der Waals surface area (Å²) in [6, 6.07) is 7.98. The fourth-order valence-electron chi connectivity index (χ4n) is 2.47. The summed E-state index contributed by atoms with van der Waals surface area (Å²) in [6.07, 6.45) is 2.03. The Bertz CT molecular complexity index is 581. The van der Waals surface area contributed by atoms with E-state index in [4.69, 9.17) is 4.74 Å². The third-order valence-corrected chi connectivity index (χ3v) is 3.51. The van der Waals surface area contributed by atoms with Crippen molar-refractivity contribution < 1.29 is 9.84 Å². The Kier molecular flexibility index (Phi) is 5.36. The van der Waals surface area contributed by atoms with E-state index in [-0.39, 0.29) is 6.61 Å². The van der Waals surface area contributed by atoms with Crippen LogP contribution in [0.2, 0.25) is 0 Å². The molecular weight excluding hydrogens is 266 g/mol. The molecule has 0 saturated heterocycles. The van der Waals surface area contributed by atoms with Gasteiger partial charge in [-0.05, 0) is 13.0 Å². The van der Waals surface area contributed by atoms with Gasteiger partial charge in [-0.25, -0.2) is 0 Å². The number of rotatable bonds is 7. The van der Waals surface area contributed by atoms with Gasteiger partial charge in [0, 0.05) is 44.0 Å². The van der Waals surface area contributed by atoms with Crippen molar-refractivity contribution in [2.24, 2.45) is 7.05 Å². The minimum absolute atomic E-state index is 0.133. The van der Waals surface area contributed by atoms with Crippen LogP contribution in [0.1, 0.15) is 16.8 Å². The Balaban J connectivity index is 2.13. The number of aliphatic hydroxyl groups excluding tert-OH is 1. The van der Waals surface area contributed by atoms with Crippen LogP contribution in [-0.2, 0) is 20.1 Å². The maximum Gasteiger partial charge on any atom is 0.123 e. The normalized spacial score (nSPS) is 11.1. The molecule has 0 fully saturated rings. The minimum atomic E-state index is 0.133. The number of aliphatic hydroxyl groups is 1. The maximum atomic E-state index is 9.30. The molecule has 0 bridgehead atoms. The number of hydrogen-bond acceptors (Lipinski definition) is 4. The smallest absolute Gasteiger partial charge is 0.123 e.